The van der Waals surface area contributed by atoms with Crippen LogP contribution in [0.2, 0.25) is 0 Å². The van der Waals surface area contributed by atoms with E-state index in [0.717, 1.165) is 17.4 Å². The van der Waals surface area contributed by atoms with Gasteiger partial charge in [0.25, 0.3) is 5.56 Å². The number of likely N-dealkylation sites (tertiary alicyclic amines) is 1. The van der Waals surface area contributed by atoms with Crippen molar-refractivity contribution >= 4 is 5.91 Å². The van der Waals surface area contributed by atoms with Crippen molar-refractivity contribution in [1.29, 1.82) is 0 Å². The third-order valence-electron chi connectivity index (χ3n) is 5.20. The first-order valence-electron chi connectivity index (χ1n) is 9.78. The predicted octanol–water partition coefficient (Wildman–Crippen LogP) is 2.01. The topological polar surface area (TPSA) is 101 Å². The van der Waals surface area contributed by atoms with E-state index in [9.17, 15) is 18.8 Å². The molecule has 1 atom stereocenters. The minimum absolute atomic E-state index is 0.186. The molecule has 1 aromatic carbocycles. The molecule has 0 radical (unpaired) electrons. The SMILES string of the molecule is O=C(Cn1ccc(=O)[nH]c1=O)N1CCCC[C@@H]1c1ncc(Cc2ccccc2F)o1. The van der Waals surface area contributed by atoms with Gasteiger partial charge in [0.05, 0.1) is 6.20 Å². The number of rotatable bonds is 5. The third kappa shape index (κ3) is 4.24. The zero-order valence-electron chi connectivity index (χ0n) is 16.2. The van der Waals surface area contributed by atoms with Gasteiger partial charge in [-0.15, -0.1) is 0 Å². The zero-order valence-corrected chi connectivity index (χ0v) is 16.2. The number of hydrogen-bond donors (Lipinski definition) is 1. The average molecular weight is 412 g/mol. The second-order valence-corrected chi connectivity index (χ2v) is 7.27. The van der Waals surface area contributed by atoms with Crippen LogP contribution in [-0.2, 0) is 17.8 Å². The van der Waals surface area contributed by atoms with E-state index in [1.165, 1.54) is 18.3 Å². The lowest BCUT2D eigenvalue weighted by Gasteiger charge is -2.33. The van der Waals surface area contributed by atoms with Crippen LogP contribution in [0.5, 0.6) is 0 Å². The smallest absolute Gasteiger partial charge is 0.328 e. The van der Waals surface area contributed by atoms with Crippen LogP contribution in [0.25, 0.3) is 0 Å². The average Bonchev–Trinajstić information content (AvgIpc) is 3.20. The number of piperidine rings is 1. The summed E-state index contributed by atoms with van der Waals surface area (Å²) in [5.74, 6) is 0.354. The number of carbonyl (C=O) groups excluding carboxylic acids is 1. The monoisotopic (exact) mass is 412 g/mol. The van der Waals surface area contributed by atoms with Crippen molar-refractivity contribution in [2.45, 2.75) is 38.3 Å². The number of hydrogen-bond acceptors (Lipinski definition) is 5. The molecule has 0 saturated carbocycles. The number of H-pyrrole nitrogens is 1. The van der Waals surface area contributed by atoms with Crippen LogP contribution >= 0.6 is 0 Å². The van der Waals surface area contributed by atoms with E-state index in [1.807, 2.05) is 0 Å². The molecule has 1 aliphatic heterocycles. The van der Waals surface area contributed by atoms with Gasteiger partial charge < -0.3 is 9.32 Å². The highest BCUT2D eigenvalue weighted by Gasteiger charge is 2.31. The highest BCUT2D eigenvalue weighted by Crippen LogP contribution is 2.31. The summed E-state index contributed by atoms with van der Waals surface area (Å²) in [5.41, 5.74) is -0.636. The molecule has 156 valence electrons. The molecule has 3 heterocycles. The van der Waals surface area contributed by atoms with E-state index in [0.29, 0.717) is 30.2 Å². The Bertz CT molecular complexity index is 1170. The van der Waals surface area contributed by atoms with Crippen molar-refractivity contribution in [3.63, 3.8) is 0 Å². The molecule has 9 heteroatoms. The van der Waals surface area contributed by atoms with Gasteiger partial charge in [0.15, 0.2) is 0 Å². The van der Waals surface area contributed by atoms with Crippen LogP contribution in [0.15, 0.2) is 56.7 Å². The van der Waals surface area contributed by atoms with E-state index in [1.54, 1.807) is 29.3 Å². The van der Waals surface area contributed by atoms with Crippen molar-refractivity contribution < 1.29 is 13.6 Å². The quantitative estimate of drug-likeness (QED) is 0.691. The Kier molecular flexibility index (Phi) is 5.60. The number of aromatic nitrogens is 3. The summed E-state index contributed by atoms with van der Waals surface area (Å²) in [7, 11) is 0. The molecule has 1 fully saturated rings. The Labute approximate surface area is 171 Å². The van der Waals surface area contributed by atoms with Crippen molar-refractivity contribution in [2.24, 2.45) is 0 Å². The fourth-order valence-corrected chi connectivity index (χ4v) is 3.68. The van der Waals surface area contributed by atoms with Crippen LogP contribution < -0.4 is 11.2 Å². The number of halogens is 1. The fraction of sp³-hybridized carbons (Fsp3) is 0.333. The van der Waals surface area contributed by atoms with Gasteiger partial charge >= 0.3 is 5.69 Å². The Morgan fingerprint density at radius 3 is 2.87 bits per heavy atom. The van der Waals surface area contributed by atoms with Gasteiger partial charge in [-0.3, -0.25) is 19.1 Å². The molecular weight excluding hydrogens is 391 g/mol. The minimum atomic E-state index is -0.632. The molecule has 1 amide bonds. The Morgan fingerprint density at radius 2 is 2.07 bits per heavy atom. The van der Waals surface area contributed by atoms with Crippen LogP contribution in [0.1, 0.15) is 42.5 Å². The first-order valence-corrected chi connectivity index (χ1v) is 9.78. The Morgan fingerprint density at radius 1 is 1.23 bits per heavy atom. The van der Waals surface area contributed by atoms with Gasteiger partial charge in [0, 0.05) is 25.2 Å². The van der Waals surface area contributed by atoms with E-state index < -0.39 is 11.2 Å². The first kappa shape index (κ1) is 19.8. The maximum atomic E-state index is 13.9. The lowest BCUT2D eigenvalue weighted by molar-refractivity contribution is -0.136. The van der Waals surface area contributed by atoms with E-state index in [-0.39, 0.29) is 30.7 Å². The molecule has 1 saturated heterocycles. The molecule has 0 unspecified atom stereocenters. The molecule has 1 aliphatic rings. The summed E-state index contributed by atoms with van der Waals surface area (Å²) >= 11 is 0. The molecule has 4 rings (SSSR count). The molecule has 8 nitrogen and oxygen atoms in total. The second-order valence-electron chi connectivity index (χ2n) is 7.27. The van der Waals surface area contributed by atoms with E-state index in [2.05, 4.69) is 9.97 Å². The van der Waals surface area contributed by atoms with E-state index >= 15 is 0 Å². The maximum absolute atomic E-state index is 13.9. The van der Waals surface area contributed by atoms with E-state index in [4.69, 9.17) is 4.42 Å². The third-order valence-corrected chi connectivity index (χ3v) is 5.20. The first-order chi connectivity index (χ1) is 14.5. The summed E-state index contributed by atoms with van der Waals surface area (Å²) in [5, 5.41) is 0. The van der Waals surface area contributed by atoms with Crippen LogP contribution in [0.3, 0.4) is 0 Å². The molecular formula is C21H21FN4O4. The van der Waals surface area contributed by atoms with Crippen LogP contribution in [-0.4, -0.2) is 31.9 Å². The summed E-state index contributed by atoms with van der Waals surface area (Å²) in [6, 6.07) is 7.33. The van der Waals surface area contributed by atoms with Crippen molar-refractivity contribution in [3.8, 4) is 0 Å². The largest absolute Gasteiger partial charge is 0.443 e. The van der Waals surface area contributed by atoms with Crippen LogP contribution in [0.4, 0.5) is 4.39 Å². The second kappa shape index (κ2) is 8.48. The highest BCUT2D eigenvalue weighted by molar-refractivity contribution is 5.76. The summed E-state index contributed by atoms with van der Waals surface area (Å²) in [6.07, 6.45) is 5.57. The number of oxazole rings is 1. The molecule has 2 aromatic heterocycles. The van der Waals surface area contributed by atoms with Gasteiger partial charge in [0.2, 0.25) is 11.8 Å². The zero-order chi connectivity index (χ0) is 21.1. The summed E-state index contributed by atoms with van der Waals surface area (Å²) in [6.45, 7) is 0.335. The molecule has 0 aliphatic carbocycles. The standard InChI is InChI=1S/C21H21FN4O4/c22-16-6-2-1-5-14(16)11-15-12-23-20(30-15)17-7-3-4-9-26(17)19(28)13-25-10-8-18(27)24-21(25)29/h1-2,5-6,8,10,12,17H,3-4,7,9,11,13H2,(H,24,27,29)/t17-/m1/s1. The van der Waals surface area contributed by atoms with Gasteiger partial charge in [-0.1, -0.05) is 18.2 Å². The Hall–Kier alpha value is -3.49. The number of amides is 1. The van der Waals surface area contributed by atoms with Gasteiger partial charge in [-0.2, -0.15) is 0 Å². The molecule has 1 N–H and O–H groups in total. The molecule has 0 spiro atoms. The van der Waals surface area contributed by atoms with Crippen LogP contribution in [0, 0.1) is 5.82 Å². The van der Waals surface area contributed by atoms with Gasteiger partial charge in [0.1, 0.15) is 24.2 Å². The number of carbonyl (C=O) groups is 1. The number of nitrogens with zero attached hydrogens (tertiary/aromatic N) is 3. The number of nitrogens with one attached hydrogen (secondary N) is 1. The summed E-state index contributed by atoms with van der Waals surface area (Å²) in [4.78, 5) is 44.1. The number of benzene rings is 1. The Balaban J connectivity index is 1.51. The molecule has 30 heavy (non-hydrogen) atoms. The van der Waals surface area contributed by atoms with Crippen molar-refractivity contribution in [2.75, 3.05) is 6.54 Å². The molecule has 0 bridgehead atoms. The lowest BCUT2D eigenvalue weighted by atomic mass is 10.0. The minimum Gasteiger partial charge on any atom is -0.443 e. The normalized spacial score (nSPS) is 16.6. The fourth-order valence-electron chi connectivity index (χ4n) is 3.68. The summed E-state index contributed by atoms with van der Waals surface area (Å²) < 4.78 is 20.9. The maximum Gasteiger partial charge on any atom is 0.328 e. The number of aromatic amines is 1. The van der Waals surface area contributed by atoms with Crippen molar-refractivity contribution in [3.05, 3.63) is 86.6 Å². The van der Waals surface area contributed by atoms with Gasteiger partial charge in [-0.25, -0.2) is 14.2 Å². The van der Waals surface area contributed by atoms with Gasteiger partial charge in [-0.05, 0) is 30.9 Å². The van der Waals surface area contributed by atoms with Crippen molar-refractivity contribution in [1.82, 2.24) is 19.4 Å². The highest BCUT2D eigenvalue weighted by atomic mass is 19.1. The molecule has 3 aromatic rings. The predicted molar refractivity (Wildman–Crippen MR) is 105 cm³/mol. The lowest BCUT2D eigenvalue weighted by Crippen LogP contribution is -2.42.